The average Bonchev–Trinajstić information content (AvgIpc) is 3.47. The third-order valence-corrected chi connectivity index (χ3v) is 5.73. The molecule has 0 unspecified atom stereocenters. The van der Waals surface area contributed by atoms with Crippen LogP contribution < -0.4 is 4.74 Å². The minimum atomic E-state index is -1.20. The van der Waals surface area contributed by atoms with E-state index in [1.165, 1.54) is 24.1 Å². The molecule has 1 aromatic rings. The fourth-order valence-electron chi connectivity index (χ4n) is 4.05. The Morgan fingerprint density at radius 2 is 1.92 bits per heavy atom. The standard InChI is InChI=1S/C19H22F2N2O3/c1-26-15-7-6-14(16(20)17(15)21)19(25)22-9-12-4-5-13(10-22)23(18(12)24)8-11-2-3-11/h6-7,11-13H,2-5,8-10H2,1H3/t12-,13+/m1/s1. The second kappa shape index (κ2) is 6.52. The lowest BCUT2D eigenvalue weighted by Crippen LogP contribution is -2.48. The number of carbonyl (C=O) groups excluding carboxylic acids is 2. The van der Waals surface area contributed by atoms with Gasteiger partial charge in [0.2, 0.25) is 11.7 Å². The molecule has 1 saturated carbocycles. The monoisotopic (exact) mass is 364 g/mol. The molecule has 1 aromatic carbocycles. The van der Waals surface area contributed by atoms with Crippen molar-refractivity contribution in [3.63, 3.8) is 0 Å². The number of piperidine rings is 1. The lowest BCUT2D eigenvalue weighted by atomic mass is 9.94. The number of halogens is 2. The van der Waals surface area contributed by atoms with Gasteiger partial charge >= 0.3 is 0 Å². The van der Waals surface area contributed by atoms with Gasteiger partial charge in [0, 0.05) is 25.7 Å². The lowest BCUT2D eigenvalue weighted by molar-refractivity contribution is -0.140. The van der Waals surface area contributed by atoms with E-state index in [2.05, 4.69) is 0 Å². The summed E-state index contributed by atoms with van der Waals surface area (Å²) in [5.41, 5.74) is -0.314. The quantitative estimate of drug-likeness (QED) is 0.825. The van der Waals surface area contributed by atoms with E-state index in [1.54, 1.807) is 0 Å². The highest BCUT2D eigenvalue weighted by Gasteiger charge is 2.43. The molecule has 2 bridgehead atoms. The minimum Gasteiger partial charge on any atom is -0.494 e. The zero-order chi connectivity index (χ0) is 18.4. The molecule has 0 spiro atoms. The van der Waals surface area contributed by atoms with Gasteiger partial charge in [-0.25, -0.2) is 4.39 Å². The first-order valence-electron chi connectivity index (χ1n) is 9.11. The third-order valence-electron chi connectivity index (χ3n) is 5.73. The number of rotatable bonds is 4. The summed E-state index contributed by atoms with van der Waals surface area (Å²) < 4.78 is 33.0. The number of amides is 2. The maximum absolute atomic E-state index is 14.3. The summed E-state index contributed by atoms with van der Waals surface area (Å²) in [4.78, 5) is 29.0. The smallest absolute Gasteiger partial charge is 0.257 e. The molecular weight excluding hydrogens is 342 g/mol. The van der Waals surface area contributed by atoms with E-state index < -0.39 is 17.5 Å². The summed E-state index contributed by atoms with van der Waals surface area (Å²) in [5, 5.41) is 0. The molecule has 3 saturated heterocycles. The first kappa shape index (κ1) is 17.2. The summed E-state index contributed by atoms with van der Waals surface area (Å²) in [7, 11) is 1.24. The van der Waals surface area contributed by atoms with Gasteiger partial charge in [-0.15, -0.1) is 0 Å². The van der Waals surface area contributed by atoms with Crippen LogP contribution in [0.15, 0.2) is 12.1 Å². The summed E-state index contributed by atoms with van der Waals surface area (Å²) >= 11 is 0. The number of ether oxygens (including phenoxy) is 1. The van der Waals surface area contributed by atoms with Crippen molar-refractivity contribution in [2.45, 2.75) is 31.7 Å². The Bertz CT molecular complexity index is 751. The molecule has 4 fully saturated rings. The predicted octanol–water partition coefficient (Wildman–Crippen LogP) is 2.45. The largest absolute Gasteiger partial charge is 0.494 e. The zero-order valence-electron chi connectivity index (χ0n) is 14.7. The predicted molar refractivity (Wildman–Crippen MR) is 89.8 cm³/mol. The number of nitrogens with zero attached hydrogens (tertiary/aromatic N) is 2. The molecule has 2 atom stereocenters. The number of methoxy groups -OCH3 is 1. The summed E-state index contributed by atoms with van der Waals surface area (Å²) in [6, 6.07) is 2.47. The maximum Gasteiger partial charge on any atom is 0.257 e. The van der Waals surface area contributed by atoms with E-state index in [1.807, 2.05) is 4.90 Å². The Kier molecular flexibility index (Phi) is 4.32. The third kappa shape index (κ3) is 2.93. The van der Waals surface area contributed by atoms with E-state index in [4.69, 9.17) is 4.74 Å². The molecule has 7 heteroatoms. The first-order valence-corrected chi connectivity index (χ1v) is 9.11. The Balaban J connectivity index is 1.58. The van der Waals surface area contributed by atoms with Gasteiger partial charge in [-0.3, -0.25) is 9.59 Å². The lowest BCUT2D eigenvalue weighted by Gasteiger charge is -2.36. The van der Waals surface area contributed by atoms with Crippen molar-refractivity contribution in [3.8, 4) is 5.75 Å². The summed E-state index contributed by atoms with van der Waals surface area (Å²) in [6.45, 7) is 1.40. The van der Waals surface area contributed by atoms with Crippen LogP contribution in [0, 0.1) is 23.5 Å². The van der Waals surface area contributed by atoms with Crippen LogP contribution >= 0.6 is 0 Å². The van der Waals surface area contributed by atoms with Crippen molar-refractivity contribution in [3.05, 3.63) is 29.3 Å². The molecule has 0 aromatic heterocycles. The average molecular weight is 364 g/mol. The molecule has 26 heavy (non-hydrogen) atoms. The van der Waals surface area contributed by atoms with Gasteiger partial charge in [-0.1, -0.05) is 0 Å². The van der Waals surface area contributed by atoms with Gasteiger partial charge in [0.1, 0.15) is 0 Å². The van der Waals surface area contributed by atoms with Gasteiger partial charge < -0.3 is 14.5 Å². The molecule has 140 valence electrons. The van der Waals surface area contributed by atoms with Crippen molar-refractivity contribution in [2.75, 3.05) is 26.7 Å². The Morgan fingerprint density at radius 1 is 1.15 bits per heavy atom. The molecule has 5 nitrogen and oxygen atoms in total. The first-order chi connectivity index (χ1) is 12.5. The molecule has 5 rings (SSSR count). The highest BCUT2D eigenvalue weighted by Crippen LogP contribution is 2.36. The summed E-state index contributed by atoms with van der Waals surface area (Å²) in [6.07, 6.45) is 3.90. The van der Waals surface area contributed by atoms with Crippen molar-refractivity contribution in [1.29, 1.82) is 0 Å². The van der Waals surface area contributed by atoms with Crippen molar-refractivity contribution in [1.82, 2.24) is 9.80 Å². The molecule has 3 heterocycles. The Hall–Kier alpha value is -2.18. The van der Waals surface area contributed by atoms with E-state index in [0.29, 0.717) is 12.5 Å². The molecule has 2 amide bonds. The van der Waals surface area contributed by atoms with Crippen LogP contribution in [0.25, 0.3) is 0 Å². The van der Waals surface area contributed by atoms with E-state index >= 15 is 0 Å². The molecule has 4 aliphatic rings. The van der Waals surface area contributed by atoms with Crippen molar-refractivity contribution < 1.29 is 23.1 Å². The summed E-state index contributed by atoms with van der Waals surface area (Å²) in [5.74, 6) is -2.74. The molecular formula is C19H22F2N2O3. The van der Waals surface area contributed by atoms with Gasteiger partial charge in [0.05, 0.1) is 18.6 Å². The highest BCUT2D eigenvalue weighted by molar-refractivity contribution is 5.95. The van der Waals surface area contributed by atoms with Crippen LogP contribution in [0.3, 0.4) is 0 Å². The van der Waals surface area contributed by atoms with E-state index in [-0.39, 0.29) is 35.7 Å². The van der Waals surface area contributed by atoms with Crippen LogP contribution in [0.4, 0.5) is 8.78 Å². The van der Waals surface area contributed by atoms with Crippen molar-refractivity contribution in [2.24, 2.45) is 11.8 Å². The van der Waals surface area contributed by atoms with Gasteiger partial charge in [0.15, 0.2) is 11.6 Å². The Morgan fingerprint density at radius 3 is 2.62 bits per heavy atom. The fourth-order valence-corrected chi connectivity index (χ4v) is 4.05. The topological polar surface area (TPSA) is 49.9 Å². The number of hydrogen-bond donors (Lipinski definition) is 0. The zero-order valence-corrected chi connectivity index (χ0v) is 14.7. The normalized spacial score (nSPS) is 25.4. The van der Waals surface area contributed by atoms with Crippen LogP contribution in [-0.4, -0.2) is 54.4 Å². The second-order valence-electron chi connectivity index (χ2n) is 7.52. The maximum atomic E-state index is 14.3. The van der Waals surface area contributed by atoms with Crippen LogP contribution in [0.1, 0.15) is 36.0 Å². The fraction of sp³-hybridized carbons (Fsp3) is 0.579. The molecule has 1 aliphatic carbocycles. The van der Waals surface area contributed by atoms with E-state index in [9.17, 15) is 18.4 Å². The number of carbonyl (C=O) groups is 2. The second-order valence-corrected chi connectivity index (χ2v) is 7.52. The van der Waals surface area contributed by atoms with Crippen LogP contribution in [0.5, 0.6) is 5.75 Å². The Labute approximate surface area is 150 Å². The minimum absolute atomic E-state index is 0.0306. The van der Waals surface area contributed by atoms with Gasteiger partial charge in [-0.2, -0.15) is 4.39 Å². The van der Waals surface area contributed by atoms with Crippen molar-refractivity contribution >= 4 is 11.8 Å². The highest BCUT2D eigenvalue weighted by atomic mass is 19.2. The number of fused-ring (bicyclic) bond motifs is 4. The number of benzene rings is 1. The molecule has 3 aliphatic heterocycles. The van der Waals surface area contributed by atoms with Crippen LogP contribution in [0.2, 0.25) is 0 Å². The number of hydrogen-bond acceptors (Lipinski definition) is 3. The van der Waals surface area contributed by atoms with Gasteiger partial charge in [-0.05, 0) is 43.7 Å². The SMILES string of the molecule is COc1ccc(C(=O)N2C[C@H]3CC[C@@H](C2)N(CC2CC2)C3=O)c(F)c1F. The van der Waals surface area contributed by atoms with E-state index in [0.717, 1.165) is 32.2 Å². The van der Waals surface area contributed by atoms with Crippen LogP contribution in [-0.2, 0) is 4.79 Å². The molecule has 0 radical (unpaired) electrons. The van der Waals surface area contributed by atoms with Gasteiger partial charge in [0.25, 0.3) is 5.91 Å². The molecule has 0 N–H and O–H groups in total.